The SMILES string of the molecule is C#C[C@]1(O)[C@H](n2ccc(=O)[nH]c2=O)O[C@](F)(CO)[C@H]1O. The lowest BCUT2D eigenvalue weighted by atomic mass is 9.94. The Morgan fingerprint density at radius 1 is 1.60 bits per heavy atom. The van der Waals surface area contributed by atoms with E-state index in [0.29, 0.717) is 4.57 Å². The molecule has 4 atom stereocenters. The number of nitrogens with one attached hydrogen (secondary N) is 1. The lowest BCUT2D eigenvalue weighted by Crippen LogP contribution is -2.50. The van der Waals surface area contributed by atoms with Gasteiger partial charge >= 0.3 is 5.69 Å². The molecule has 108 valence electrons. The van der Waals surface area contributed by atoms with Crippen LogP contribution in [0.2, 0.25) is 0 Å². The van der Waals surface area contributed by atoms with Crippen LogP contribution in [0.25, 0.3) is 0 Å². The van der Waals surface area contributed by atoms with Crippen LogP contribution in [0.1, 0.15) is 6.23 Å². The Bertz CT molecular complexity index is 678. The van der Waals surface area contributed by atoms with Crippen LogP contribution in [0.15, 0.2) is 21.9 Å². The largest absolute Gasteiger partial charge is 0.390 e. The van der Waals surface area contributed by atoms with Crippen molar-refractivity contribution < 1.29 is 24.4 Å². The first-order valence-corrected chi connectivity index (χ1v) is 5.46. The van der Waals surface area contributed by atoms with Crippen LogP contribution in [0, 0.1) is 12.3 Å². The number of H-pyrrole nitrogens is 1. The highest BCUT2D eigenvalue weighted by Gasteiger charge is 2.64. The van der Waals surface area contributed by atoms with Gasteiger partial charge in [-0.2, -0.15) is 0 Å². The van der Waals surface area contributed by atoms with Gasteiger partial charge in [-0.25, -0.2) is 9.18 Å². The molecule has 0 amide bonds. The lowest BCUT2D eigenvalue weighted by Gasteiger charge is -2.26. The summed E-state index contributed by atoms with van der Waals surface area (Å²) in [5.41, 5.74) is -4.34. The van der Waals surface area contributed by atoms with Gasteiger partial charge in [-0.3, -0.25) is 14.3 Å². The summed E-state index contributed by atoms with van der Waals surface area (Å²) in [7, 11) is 0. The number of ether oxygens (including phenoxy) is 1. The number of halogens is 1. The summed E-state index contributed by atoms with van der Waals surface area (Å²) in [4.78, 5) is 24.4. The molecule has 0 radical (unpaired) electrons. The number of aromatic amines is 1. The summed E-state index contributed by atoms with van der Waals surface area (Å²) < 4.78 is 19.4. The smallest absolute Gasteiger partial charge is 0.330 e. The van der Waals surface area contributed by atoms with Crippen LogP contribution >= 0.6 is 0 Å². The van der Waals surface area contributed by atoms with E-state index in [4.69, 9.17) is 16.3 Å². The molecule has 1 aliphatic heterocycles. The standard InChI is InChI=1S/C11H11FN2O6/c1-2-10(19)7(17)11(12,5-15)20-8(10)14-4-3-6(16)13-9(14)18/h1,3-4,7-8,15,17,19H,5H2,(H,13,16,18)/t7-,8+,10+,11+/m0/s1. The zero-order valence-corrected chi connectivity index (χ0v) is 9.99. The van der Waals surface area contributed by atoms with Gasteiger partial charge < -0.3 is 20.1 Å². The topological polar surface area (TPSA) is 125 Å². The summed E-state index contributed by atoms with van der Waals surface area (Å²) in [6.45, 7) is -1.28. The molecule has 0 bridgehead atoms. The van der Waals surface area contributed by atoms with E-state index in [1.54, 1.807) is 5.92 Å². The molecular weight excluding hydrogens is 275 g/mol. The molecule has 0 spiro atoms. The van der Waals surface area contributed by atoms with Gasteiger partial charge in [-0.1, -0.05) is 5.92 Å². The minimum absolute atomic E-state index is 0.613. The molecule has 1 aromatic rings. The Morgan fingerprint density at radius 3 is 2.75 bits per heavy atom. The van der Waals surface area contributed by atoms with Gasteiger partial charge in [0.25, 0.3) is 11.4 Å². The second-order valence-electron chi connectivity index (χ2n) is 4.30. The summed E-state index contributed by atoms with van der Waals surface area (Å²) in [5.74, 6) is -1.29. The highest BCUT2D eigenvalue weighted by atomic mass is 19.2. The number of hydrogen-bond donors (Lipinski definition) is 4. The minimum Gasteiger partial charge on any atom is -0.390 e. The monoisotopic (exact) mass is 286 g/mol. The van der Waals surface area contributed by atoms with Crippen molar-refractivity contribution in [3.63, 3.8) is 0 Å². The number of aliphatic hydroxyl groups excluding tert-OH is 2. The van der Waals surface area contributed by atoms with Crippen LogP contribution in [0.5, 0.6) is 0 Å². The van der Waals surface area contributed by atoms with Crippen molar-refractivity contribution in [3.05, 3.63) is 33.1 Å². The second-order valence-corrected chi connectivity index (χ2v) is 4.30. The third-order valence-corrected chi connectivity index (χ3v) is 3.06. The Morgan fingerprint density at radius 2 is 2.25 bits per heavy atom. The van der Waals surface area contributed by atoms with Gasteiger partial charge in [0, 0.05) is 12.3 Å². The molecule has 20 heavy (non-hydrogen) atoms. The summed E-state index contributed by atoms with van der Waals surface area (Å²) >= 11 is 0. The Balaban J connectivity index is 2.59. The maximum atomic E-state index is 14.1. The molecule has 0 aromatic carbocycles. The fraction of sp³-hybridized carbons (Fsp3) is 0.455. The summed E-state index contributed by atoms with van der Waals surface area (Å²) in [6.07, 6.45) is 1.89. The highest BCUT2D eigenvalue weighted by molar-refractivity contribution is 5.21. The molecule has 0 saturated carbocycles. The van der Waals surface area contributed by atoms with Crippen LogP contribution in [-0.4, -0.2) is 49.0 Å². The van der Waals surface area contributed by atoms with Crippen molar-refractivity contribution in [2.24, 2.45) is 0 Å². The number of rotatable bonds is 2. The molecule has 0 aliphatic carbocycles. The average Bonchev–Trinajstić information content (AvgIpc) is 2.62. The van der Waals surface area contributed by atoms with Gasteiger partial charge in [-0.15, -0.1) is 6.42 Å². The van der Waals surface area contributed by atoms with E-state index in [1.165, 1.54) is 0 Å². The summed E-state index contributed by atoms with van der Waals surface area (Å²) in [6, 6.07) is 0.922. The average molecular weight is 286 g/mol. The molecule has 1 saturated heterocycles. The number of nitrogens with zero attached hydrogens (tertiary/aromatic N) is 1. The predicted molar refractivity (Wildman–Crippen MR) is 62.2 cm³/mol. The molecule has 1 aromatic heterocycles. The molecule has 2 rings (SSSR count). The van der Waals surface area contributed by atoms with Crippen molar-refractivity contribution in [1.29, 1.82) is 0 Å². The maximum Gasteiger partial charge on any atom is 0.330 e. The zero-order chi connectivity index (χ0) is 15.1. The van der Waals surface area contributed by atoms with E-state index in [2.05, 4.69) is 0 Å². The zero-order valence-electron chi connectivity index (χ0n) is 9.99. The third kappa shape index (κ3) is 1.86. The third-order valence-electron chi connectivity index (χ3n) is 3.06. The maximum absolute atomic E-state index is 14.1. The van der Waals surface area contributed by atoms with Gasteiger partial charge in [0.15, 0.2) is 12.3 Å². The van der Waals surface area contributed by atoms with Crippen molar-refractivity contribution in [3.8, 4) is 12.3 Å². The molecule has 8 nitrogen and oxygen atoms in total. The number of alkyl halides is 1. The Hall–Kier alpha value is -1.99. The lowest BCUT2D eigenvalue weighted by molar-refractivity contribution is -0.207. The fourth-order valence-electron chi connectivity index (χ4n) is 1.96. The number of aromatic nitrogens is 2. The minimum atomic E-state index is -3.04. The molecule has 1 aliphatic rings. The first-order valence-electron chi connectivity index (χ1n) is 5.46. The molecular formula is C11H11FN2O6. The van der Waals surface area contributed by atoms with Crippen molar-refractivity contribution in [2.75, 3.05) is 6.61 Å². The molecule has 4 N–H and O–H groups in total. The molecule has 1 fully saturated rings. The quantitative estimate of drug-likeness (QED) is 0.444. The first kappa shape index (κ1) is 14.4. The molecule has 2 heterocycles. The van der Waals surface area contributed by atoms with E-state index in [0.717, 1.165) is 12.3 Å². The molecule has 9 heteroatoms. The van der Waals surface area contributed by atoms with Crippen LogP contribution < -0.4 is 11.2 Å². The van der Waals surface area contributed by atoms with Gasteiger partial charge in [0.2, 0.25) is 5.60 Å². The number of hydrogen-bond acceptors (Lipinski definition) is 6. The van der Waals surface area contributed by atoms with Gasteiger partial charge in [0.05, 0.1) is 0 Å². The van der Waals surface area contributed by atoms with Crippen LogP contribution in [0.3, 0.4) is 0 Å². The second kappa shape index (κ2) is 4.53. The van der Waals surface area contributed by atoms with Gasteiger partial charge in [0.1, 0.15) is 6.61 Å². The van der Waals surface area contributed by atoms with E-state index < -0.39 is 41.6 Å². The van der Waals surface area contributed by atoms with E-state index in [1.807, 2.05) is 4.98 Å². The molecule has 0 unspecified atom stereocenters. The first-order chi connectivity index (χ1) is 9.28. The van der Waals surface area contributed by atoms with E-state index in [-0.39, 0.29) is 0 Å². The van der Waals surface area contributed by atoms with Crippen LogP contribution in [-0.2, 0) is 4.74 Å². The summed E-state index contributed by atoms with van der Waals surface area (Å²) in [5, 5.41) is 28.7. The number of aliphatic hydroxyl groups is 3. The van der Waals surface area contributed by atoms with Crippen molar-refractivity contribution >= 4 is 0 Å². The van der Waals surface area contributed by atoms with E-state index in [9.17, 15) is 24.2 Å². The Labute approximate surface area is 111 Å². The van der Waals surface area contributed by atoms with Gasteiger partial charge in [-0.05, 0) is 0 Å². The van der Waals surface area contributed by atoms with Crippen LogP contribution in [0.4, 0.5) is 4.39 Å². The number of terminal acetylenes is 1. The fourth-order valence-corrected chi connectivity index (χ4v) is 1.96. The van der Waals surface area contributed by atoms with Crippen molar-refractivity contribution in [2.45, 2.75) is 23.8 Å². The van der Waals surface area contributed by atoms with Crippen molar-refractivity contribution in [1.82, 2.24) is 9.55 Å². The van der Waals surface area contributed by atoms with E-state index >= 15 is 0 Å². The predicted octanol–water partition coefficient (Wildman–Crippen LogP) is -2.55. The normalized spacial score (nSPS) is 36.8. The Kier molecular flexibility index (Phi) is 3.27. The highest BCUT2D eigenvalue weighted by Crippen LogP contribution is 2.44.